The van der Waals surface area contributed by atoms with E-state index in [0.29, 0.717) is 0 Å². The van der Waals surface area contributed by atoms with Crippen LogP contribution in [0, 0.1) is 0 Å². The number of hydrogen-bond acceptors (Lipinski definition) is 5. The maximum atomic E-state index is 10.4. The SMILES string of the molecule is COOC(=O)C=CC(=O)OC. The van der Waals surface area contributed by atoms with Gasteiger partial charge in [-0.3, -0.25) is 4.89 Å². The average Bonchev–Trinajstić information content (AvgIpc) is 2.01. The minimum atomic E-state index is -0.766. The Bertz CT molecular complexity index is 172. The molecule has 0 aromatic heterocycles. The molecule has 5 heteroatoms. The van der Waals surface area contributed by atoms with Crippen LogP contribution in [0.2, 0.25) is 0 Å². The zero-order valence-corrected chi connectivity index (χ0v) is 6.20. The second-order valence-electron chi connectivity index (χ2n) is 1.43. The van der Waals surface area contributed by atoms with Crippen molar-refractivity contribution in [2.75, 3.05) is 14.2 Å². The van der Waals surface area contributed by atoms with Crippen LogP contribution in [0.25, 0.3) is 0 Å². The monoisotopic (exact) mass is 160 g/mol. The number of ether oxygens (including phenoxy) is 1. The molecule has 0 heterocycles. The van der Waals surface area contributed by atoms with Crippen LogP contribution < -0.4 is 0 Å². The lowest BCUT2D eigenvalue weighted by atomic mass is 10.5. The third-order valence-corrected chi connectivity index (χ3v) is 0.722. The smallest absolute Gasteiger partial charge is 0.366 e. The van der Waals surface area contributed by atoms with Crippen molar-refractivity contribution in [1.82, 2.24) is 0 Å². The summed E-state index contributed by atoms with van der Waals surface area (Å²) in [5.41, 5.74) is 0. The second-order valence-corrected chi connectivity index (χ2v) is 1.43. The molecular formula is C6H8O5. The summed E-state index contributed by atoms with van der Waals surface area (Å²) >= 11 is 0. The molecule has 0 N–H and O–H groups in total. The van der Waals surface area contributed by atoms with Gasteiger partial charge in [0.05, 0.1) is 14.2 Å². The highest BCUT2D eigenvalue weighted by Crippen LogP contribution is 1.82. The van der Waals surface area contributed by atoms with E-state index in [9.17, 15) is 9.59 Å². The van der Waals surface area contributed by atoms with Gasteiger partial charge in [0.2, 0.25) is 0 Å². The van der Waals surface area contributed by atoms with Gasteiger partial charge in [0.15, 0.2) is 0 Å². The quantitative estimate of drug-likeness (QED) is 0.248. The predicted octanol–water partition coefficient (Wildman–Crippen LogP) is -0.180. The fourth-order valence-corrected chi connectivity index (χ4v) is 0.314. The van der Waals surface area contributed by atoms with Gasteiger partial charge in [0, 0.05) is 12.2 Å². The van der Waals surface area contributed by atoms with Crippen molar-refractivity contribution >= 4 is 11.9 Å². The molecule has 0 aromatic rings. The van der Waals surface area contributed by atoms with Gasteiger partial charge >= 0.3 is 11.9 Å². The fourth-order valence-electron chi connectivity index (χ4n) is 0.314. The predicted molar refractivity (Wildman–Crippen MR) is 34.3 cm³/mol. The minimum Gasteiger partial charge on any atom is -0.466 e. The molecule has 0 aliphatic rings. The summed E-state index contributed by atoms with van der Waals surface area (Å²) in [5.74, 6) is -1.39. The number of esters is 1. The summed E-state index contributed by atoms with van der Waals surface area (Å²) in [6, 6.07) is 0. The first kappa shape index (κ1) is 9.64. The van der Waals surface area contributed by atoms with Crippen molar-refractivity contribution in [3.8, 4) is 0 Å². The van der Waals surface area contributed by atoms with E-state index in [2.05, 4.69) is 14.5 Å². The first-order valence-electron chi connectivity index (χ1n) is 2.71. The van der Waals surface area contributed by atoms with Gasteiger partial charge in [0.25, 0.3) is 0 Å². The molecule has 0 radical (unpaired) electrons. The zero-order valence-electron chi connectivity index (χ0n) is 6.20. The topological polar surface area (TPSA) is 61.8 Å². The highest BCUT2D eigenvalue weighted by Gasteiger charge is 1.97. The van der Waals surface area contributed by atoms with Crippen molar-refractivity contribution < 1.29 is 24.1 Å². The lowest BCUT2D eigenvalue weighted by Crippen LogP contribution is -2.01. The van der Waals surface area contributed by atoms with E-state index in [1.54, 1.807) is 0 Å². The fraction of sp³-hybridized carbons (Fsp3) is 0.333. The van der Waals surface area contributed by atoms with E-state index >= 15 is 0 Å². The Labute approximate surface area is 63.5 Å². The molecule has 5 nitrogen and oxygen atoms in total. The summed E-state index contributed by atoms with van der Waals surface area (Å²) in [4.78, 5) is 28.8. The number of rotatable bonds is 3. The molecule has 0 rings (SSSR count). The summed E-state index contributed by atoms with van der Waals surface area (Å²) in [5, 5.41) is 0. The van der Waals surface area contributed by atoms with Crippen LogP contribution in [0.5, 0.6) is 0 Å². The van der Waals surface area contributed by atoms with E-state index < -0.39 is 11.9 Å². The molecule has 0 bridgehead atoms. The van der Waals surface area contributed by atoms with Gasteiger partial charge in [-0.1, -0.05) is 0 Å². The van der Waals surface area contributed by atoms with Crippen LogP contribution >= 0.6 is 0 Å². The van der Waals surface area contributed by atoms with Gasteiger partial charge in [-0.05, 0) is 0 Å². The van der Waals surface area contributed by atoms with Crippen LogP contribution in [-0.2, 0) is 24.1 Å². The van der Waals surface area contributed by atoms with Crippen LogP contribution in [0.1, 0.15) is 0 Å². The Morgan fingerprint density at radius 3 is 2.09 bits per heavy atom. The molecule has 0 aliphatic heterocycles. The zero-order chi connectivity index (χ0) is 8.69. The van der Waals surface area contributed by atoms with Gasteiger partial charge < -0.3 is 4.74 Å². The Balaban J connectivity index is 3.73. The van der Waals surface area contributed by atoms with Crippen molar-refractivity contribution in [3.63, 3.8) is 0 Å². The first-order chi connectivity index (χ1) is 5.20. The van der Waals surface area contributed by atoms with Crippen molar-refractivity contribution in [3.05, 3.63) is 12.2 Å². The van der Waals surface area contributed by atoms with Crippen LogP contribution in [-0.4, -0.2) is 26.2 Å². The standard InChI is InChI=1S/C6H8O5/c1-9-5(7)3-4-6(8)11-10-2/h3-4H,1-2H3. The Morgan fingerprint density at radius 2 is 1.64 bits per heavy atom. The summed E-state index contributed by atoms with van der Waals surface area (Å²) < 4.78 is 4.20. The van der Waals surface area contributed by atoms with Crippen molar-refractivity contribution in [2.45, 2.75) is 0 Å². The van der Waals surface area contributed by atoms with Gasteiger partial charge in [0.1, 0.15) is 0 Å². The van der Waals surface area contributed by atoms with Crippen molar-refractivity contribution in [2.24, 2.45) is 0 Å². The molecule has 62 valence electrons. The highest BCUT2D eigenvalue weighted by molar-refractivity contribution is 5.91. The lowest BCUT2D eigenvalue weighted by molar-refractivity contribution is -0.249. The molecule has 0 fully saturated rings. The molecule has 0 amide bonds. The molecule has 0 saturated heterocycles. The number of carbonyl (C=O) groups is 2. The van der Waals surface area contributed by atoms with Crippen LogP contribution in [0.3, 0.4) is 0 Å². The van der Waals surface area contributed by atoms with Crippen LogP contribution in [0.15, 0.2) is 12.2 Å². The molecular weight excluding hydrogens is 152 g/mol. The summed E-state index contributed by atoms with van der Waals surface area (Å²) in [7, 11) is 2.39. The molecule has 0 atom stereocenters. The second kappa shape index (κ2) is 5.43. The lowest BCUT2D eigenvalue weighted by Gasteiger charge is -1.91. The first-order valence-corrected chi connectivity index (χ1v) is 2.71. The average molecular weight is 160 g/mol. The van der Waals surface area contributed by atoms with E-state index in [1.165, 1.54) is 14.2 Å². The third kappa shape index (κ3) is 5.10. The van der Waals surface area contributed by atoms with E-state index in [1.807, 2.05) is 0 Å². The van der Waals surface area contributed by atoms with Gasteiger partial charge in [-0.15, -0.1) is 0 Å². The Morgan fingerprint density at radius 1 is 1.09 bits per heavy atom. The summed E-state index contributed by atoms with van der Waals surface area (Å²) in [6.45, 7) is 0. The molecule has 0 aliphatic carbocycles. The molecule has 0 aromatic carbocycles. The molecule has 0 unspecified atom stereocenters. The van der Waals surface area contributed by atoms with Crippen molar-refractivity contribution in [1.29, 1.82) is 0 Å². The third-order valence-electron chi connectivity index (χ3n) is 0.722. The highest BCUT2D eigenvalue weighted by atomic mass is 17.2. The number of carbonyl (C=O) groups excluding carboxylic acids is 2. The molecule has 11 heavy (non-hydrogen) atoms. The minimum absolute atomic E-state index is 0.627. The van der Waals surface area contributed by atoms with Crippen LogP contribution in [0.4, 0.5) is 0 Å². The maximum absolute atomic E-state index is 10.4. The van der Waals surface area contributed by atoms with E-state index in [0.717, 1.165) is 12.2 Å². The molecule has 0 saturated carbocycles. The van der Waals surface area contributed by atoms with Gasteiger partial charge in [-0.2, -0.15) is 4.89 Å². The largest absolute Gasteiger partial charge is 0.466 e. The van der Waals surface area contributed by atoms with E-state index in [-0.39, 0.29) is 0 Å². The normalized spacial score (nSPS) is 9.64. The van der Waals surface area contributed by atoms with Gasteiger partial charge in [-0.25, -0.2) is 9.59 Å². The summed E-state index contributed by atoms with van der Waals surface area (Å²) in [6.07, 6.45) is 1.83. The van der Waals surface area contributed by atoms with E-state index in [4.69, 9.17) is 0 Å². The Hall–Kier alpha value is -1.36. The Kier molecular flexibility index (Phi) is 4.76. The molecule has 0 spiro atoms. The number of methoxy groups -OCH3 is 1. The number of hydrogen-bond donors (Lipinski definition) is 0. The maximum Gasteiger partial charge on any atom is 0.366 e.